The van der Waals surface area contributed by atoms with Gasteiger partial charge in [-0.3, -0.25) is 0 Å². The molecule has 1 rings (SSSR count). The van der Waals surface area contributed by atoms with Gasteiger partial charge in [-0.05, 0) is 12.3 Å². The molecule has 1 aromatic rings. The molecule has 0 bridgehead atoms. The van der Waals surface area contributed by atoms with E-state index in [1.807, 2.05) is 6.92 Å². The van der Waals surface area contributed by atoms with Crippen molar-refractivity contribution in [2.75, 3.05) is 6.54 Å². The fourth-order valence-electron chi connectivity index (χ4n) is 1.66. The van der Waals surface area contributed by atoms with Crippen molar-refractivity contribution in [1.82, 2.24) is 15.5 Å². The molecule has 15 heavy (non-hydrogen) atoms. The van der Waals surface area contributed by atoms with Crippen LogP contribution in [0.25, 0.3) is 0 Å². The zero-order valence-corrected chi connectivity index (χ0v) is 10.1. The van der Waals surface area contributed by atoms with Gasteiger partial charge in [0.2, 0.25) is 5.89 Å². The highest BCUT2D eigenvalue weighted by Gasteiger charge is 2.10. The highest BCUT2D eigenvalue weighted by molar-refractivity contribution is 4.85. The summed E-state index contributed by atoms with van der Waals surface area (Å²) < 4.78 is 4.91. The van der Waals surface area contributed by atoms with E-state index in [9.17, 15) is 0 Å². The first kappa shape index (κ1) is 12.2. The van der Waals surface area contributed by atoms with Crippen molar-refractivity contribution >= 4 is 0 Å². The normalized spacial score (nSPS) is 13.4. The lowest BCUT2D eigenvalue weighted by Crippen LogP contribution is -2.34. The van der Waals surface area contributed by atoms with Crippen LogP contribution in [0.1, 0.15) is 38.9 Å². The van der Waals surface area contributed by atoms with E-state index in [4.69, 9.17) is 4.52 Å². The smallest absolute Gasteiger partial charge is 0.223 e. The van der Waals surface area contributed by atoms with Crippen LogP contribution >= 0.6 is 0 Å². The van der Waals surface area contributed by atoms with Crippen molar-refractivity contribution in [3.05, 3.63) is 11.7 Å². The van der Waals surface area contributed by atoms with Crippen molar-refractivity contribution in [3.8, 4) is 0 Å². The highest BCUT2D eigenvalue weighted by atomic mass is 16.5. The van der Waals surface area contributed by atoms with E-state index in [0.717, 1.165) is 25.2 Å². The predicted octanol–water partition coefficient (Wildman–Crippen LogP) is 1.94. The van der Waals surface area contributed by atoms with E-state index in [2.05, 4.69) is 36.2 Å². The third-order valence-electron chi connectivity index (χ3n) is 2.57. The van der Waals surface area contributed by atoms with Gasteiger partial charge in [0, 0.05) is 25.9 Å². The zero-order valence-electron chi connectivity index (χ0n) is 10.1. The summed E-state index contributed by atoms with van der Waals surface area (Å²) in [6.45, 7) is 9.40. The summed E-state index contributed by atoms with van der Waals surface area (Å²) in [6.07, 6.45) is 1.99. The predicted molar refractivity (Wildman–Crippen MR) is 59.7 cm³/mol. The van der Waals surface area contributed by atoms with Crippen LogP contribution < -0.4 is 5.32 Å². The summed E-state index contributed by atoms with van der Waals surface area (Å²) >= 11 is 0. The van der Waals surface area contributed by atoms with Crippen molar-refractivity contribution in [2.24, 2.45) is 5.92 Å². The van der Waals surface area contributed by atoms with Crippen LogP contribution in [-0.4, -0.2) is 22.7 Å². The summed E-state index contributed by atoms with van der Waals surface area (Å²) in [5.74, 6) is 2.10. The van der Waals surface area contributed by atoms with Gasteiger partial charge in [-0.25, -0.2) is 0 Å². The molecule has 0 aromatic carbocycles. The van der Waals surface area contributed by atoms with Crippen molar-refractivity contribution in [1.29, 1.82) is 0 Å². The Balaban J connectivity index is 2.26. The Morgan fingerprint density at radius 2 is 2.13 bits per heavy atom. The number of hydrogen-bond acceptors (Lipinski definition) is 4. The Labute approximate surface area is 91.5 Å². The summed E-state index contributed by atoms with van der Waals surface area (Å²) in [6, 6.07) is 0.581. The molecule has 4 heteroatoms. The van der Waals surface area contributed by atoms with Crippen LogP contribution in [-0.2, 0) is 6.42 Å². The summed E-state index contributed by atoms with van der Waals surface area (Å²) in [4.78, 5) is 4.16. The topological polar surface area (TPSA) is 51.0 Å². The molecule has 86 valence electrons. The van der Waals surface area contributed by atoms with Crippen LogP contribution in [0, 0.1) is 12.8 Å². The van der Waals surface area contributed by atoms with E-state index < -0.39 is 0 Å². The van der Waals surface area contributed by atoms with E-state index >= 15 is 0 Å². The van der Waals surface area contributed by atoms with Gasteiger partial charge in [0.1, 0.15) is 0 Å². The Morgan fingerprint density at radius 1 is 1.40 bits per heavy atom. The minimum absolute atomic E-state index is 0.581. The molecule has 1 unspecified atom stereocenters. The first-order valence-corrected chi connectivity index (χ1v) is 5.66. The second-order valence-corrected chi connectivity index (χ2v) is 4.19. The molecular weight excluding hydrogens is 190 g/mol. The molecule has 0 saturated heterocycles. The van der Waals surface area contributed by atoms with Crippen molar-refractivity contribution in [3.63, 3.8) is 0 Å². The Bertz CT molecular complexity index is 283. The second kappa shape index (κ2) is 5.85. The molecule has 0 aliphatic carbocycles. The standard InChI is InChI=1S/C11H21N3O/c1-5-10(8(2)3)12-7-6-11-13-9(4)15-14-11/h8,10,12H,5-7H2,1-4H3. The highest BCUT2D eigenvalue weighted by Crippen LogP contribution is 2.05. The van der Waals surface area contributed by atoms with Crippen LogP contribution in [0.2, 0.25) is 0 Å². The second-order valence-electron chi connectivity index (χ2n) is 4.19. The number of nitrogens with zero attached hydrogens (tertiary/aromatic N) is 2. The first-order chi connectivity index (χ1) is 7.13. The fourth-order valence-corrected chi connectivity index (χ4v) is 1.66. The lowest BCUT2D eigenvalue weighted by Gasteiger charge is -2.20. The van der Waals surface area contributed by atoms with Gasteiger partial charge in [-0.2, -0.15) is 4.98 Å². The van der Waals surface area contributed by atoms with Crippen LogP contribution in [0.3, 0.4) is 0 Å². The van der Waals surface area contributed by atoms with Gasteiger partial charge < -0.3 is 9.84 Å². The molecule has 0 aliphatic heterocycles. The number of aromatic nitrogens is 2. The van der Waals surface area contributed by atoms with Crippen LogP contribution in [0.5, 0.6) is 0 Å². The van der Waals surface area contributed by atoms with E-state index in [0.29, 0.717) is 17.9 Å². The van der Waals surface area contributed by atoms with Gasteiger partial charge in [0.25, 0.3) is 0 Å². The van der Waals surface area contributed by atoms with E-state index in [1.165, 1.54) is 0 Å². The fraction of sp³-hybridized carbons (Fsp3) is 0.818. The average Bonchev–Trinajstić information content (AvgIpc) is 2.58. The maximum Gasteiger partial charge on any atom is 0.223 e. The molecule has 1 atom stereocenters. The molecule has 0 spiro atoms. The average molecular weight is 211 g/mol. The van der Waals surface area contributed by atoms with E-state index in [1.54, 1.807) is 0 Å². The lowest BCUT2D eigenvalue weighted by atomic mass is 10.0. The monoisotopic (exact) mass is 211 g/mol. The van der Waals surface area contributed by atoms with E-state index in [-0.39, 0.29) is 0 Å². The first-order valence-electron chi connectivity index (χ1n) is 5.66. The summed E-state index contributed by atoms with van der Waals surface area (Å²) in [5, 5.41) is 7.36. The van der Waals surface area contributed by atoms with Crippen LogP contribution in [0.15, 0.2) is 4.52 Å². The Hall–Kier alpha value is -0.900. The quantitative estimate of drug-likeness (QED) is 0.781. The maximum absolute atomic E-state index is 4.91. The minimum Gasteiger partial charge on any atom is -0.340 e. The van der Waals surface area contributed by atoms with Crippen molar-refractivity contribution < 1.29 is 4.52 Å². The molecule has 0 amide bonds. The largest absolute Gasteiger partial charge is 0.340 e. The third kappa shape index (κ3) is 4.00. The molecule has 0 radical (unpaired) electrons. The molecule has 1 heterocycles. The number of nitrogens with one attached hydrogen (secondary N) is 1. The van der Waals surface area contributed by atoms with Gasteiger partial charge >= 0.3 is 0 Å². The minimum atomic E-state index is 0.581. The van der Waals surface area contributed by atoms with Gasteiger partial charge in [-0.15, -0.1) is 0 Å². The summed E-state index contributed by atoms with van der Waals surface area (Å²) in [7, 11) is 0. The molecular formula is C11H21N3O. The zero-order chi connectivity index (χ0) is 11.3. The SMILES string of the molecule is CCC(NCCc1noc(C)n1)C(C)C. The molecule has 0 fully saturated rings. The van der Waals surface area contributed by atoms with Gasteiger partial charge in [0.05, 0.1) is 0 Å². The van der Waals surface area contributed by atoms with Crippen molar-refractivity contribution in [2.45, 2.75) is 46.6 Å². The summed E-state index contributed by atoms with van der Waals surface area (Å²) in [5.41, 5.74) is 0. The molecule has 0 saturated carbocycles. The third-order valence-corrected chi connectivity index (χ3v) is 2.57. The Kier molecular flexibility index (Phi) is 4.75. The van der Waals surface area contributed by atoms with Crippen LogP contribution in [0.4, 0.5) is 0 Å². The Morgan fingerprint density at radius 3 is 2.60 bits per heavy atom. The molecule has 4 nitrogen and oxygen atoms in total. The number of rotatable bonds is 6. The molecule has 1 N–H and O–H groups in total. The number of aryl methyl sites for hydroxylation is 1. The van der Waals surface area contributed by atoms with Gasteiger partial charge in [0.15, 0.2) is 5.82 Å². The maximum atomic E-state index is 4.91. The molecule has 1 aromatic heterocycles. The molecule has 0 aliphatic rings. The van der Waals surface area contributed by atoms with Gasteiger partial charge in [-0.1, -0.05) is 25.9 Å². The lowest BCUT2D eigenvalue weighted by molar-refractivity contribution is 0.377. The number of hydrogen-bond donors (Lipinski definition) is 1.